The fourth-order valence-electron chi connectivity index (χ4n) is 14.0. The predicted molar refractivity (Wildman–Crippen MR) is 507 cm³/mol. The minimum Gasteiger partial charge on any atom is -0.396 e. The Morgan fingerprint density at radius 1 is 0.165 bits per heavy atom. The van der Waals surface area contributed by atoms with Gasteiger partial charge in [-0.3, -0.25) is 0 Å². The van der Waals surface area contributed by atoms with Gasteiger partial charge in [0.2, 0.25) is 0 Å². The van der Waals surface area contributed by atoms with E-state index in [9.17, 15) is 0 Å². The number of hydrogen-bond acceptors (Lipinski definition) is 3. The molecule has 0 heterocycles. The second kappa shape index (κ2) is 87.2. The molecule has 0 amide bonds. The van der Waals surface area contributed by atoms with Crippen molar-refractivity contribution in [2.24, 2.45) is 142 Å². The third kappa shape index (κ3) is 108. The zero-order valence-corrected chi connectivity index (χ0v) is 83.4. The van der Waals surface area contributed by atoms with E-state index in [0.717, 1.165) is 107 Å². The van der Waals surface area contributed by atoms with Crippen LogP contribution in [-0.4, -0.2) is 35.1 Å². The van der Waals surface area contributed by atoms with Crippen LogP contribution in [0.3, 0.4) is 0 Å². The van der Waals surface area contributed by atoms with E-state index in [1.54, 1.807) is 0 Å². The van der Waals surface area contributed by atoms with Gasteiger partial charge in [-0.15, -0.1) is 0 Å². The molecule has 3 heteroatoms. The minimum absolute atomic E-state index is 0.363. The molecule has 3 nitrogen and oxygen atoms in total. The smallest absolute Gasteiger partial charge is 0.0461 e. The molecule has 668 valence electrons. The summed E-state index contributed by atoms with van der Waals surface area (Å²) in [4.78, 5) is 0. The first-order valence-electron chi connectivity index (χ1n) is 49.9. The van der Waals surface area contributed by atoms with E-state index in [-0.39, 0.29) is 0 Å². The first kappa shape index (κ1) is 122. The van der Waals surface area contributed by atoms with Crippen molar-refractivity contribution in [1.82, 2.24) is 0 Å². The van der Waals surface area contributed by atoms with Crippen LogP contribution in [0.5, 0.6) is 0 Å². The molecule has 0 saturated heterocycles. The van der Waals surface area contributed by atoms with Crippen LogP contribution in [0, 0.1) is 142 Å². The Morgan fingerprint density at radius 3 is 0.431 bits per heavy atom. The molecule has 0 bridgehead atoms. The SMILES string of the molecule is CC(C)CCCCCC(C)C(C)C.CC(C)CCCCCC(CC1CC1)C(C)C.CC(C)CCCCCC(CO)C(C)C.CC(C)CCCCCCC(C)C.CC(C)CCCCC[C@@H](C)C(C)C.CC(C)CCCCC[C@@H](CO)C(C)C.CC(C)CCCCC[C@H](C)C(C)C.CC(C)CCCCC[C@H](CO)C(C)C. The molecular formula is C106H226O3. The molecule has 1 rings (SSSR count). The van der Waals surface area contributed by atoms with Gasteiger partial charge in [0.05, 0.1) is 0 Å². The molecule has 1 fully saturated rings. The highest BCUT2D eigenvalue weighted by Gasteiger charge is 2.27. The second-order valence-corrected chi connectivity index (χ2v) is 42.9. The summed E-state index contributed by atoms with van der Waals surface area (Å²) in [6.45, 7) is 81.8. The van der Waals surface area contributed by atoms with Crippen molar-refractivity contribution >= 4 is 0 Å². The Morgan fingerprint density at radius 2 is 0.303 bits per heavy atom. The fraction of sp³-hybridized carbons (Fsp3) is 1.00. The van der Waals surface area contributed by atoms with Crippen LogP contribution >= 0.6 is 0 Å². The maximum absolute atomic E-state index is 9.14. The molecule has 0 aromatic heterocycles. The molecule has 1 saturated carbocycles. The molecule has 0 radical (unpaired) electrons. The van der Waals surface area contributed by atoms with E-state index < -0.39 is 0 Å². The van der Waals surface area contributed by atoms with Crippen molar-refractivity contribution in [2.45, 2.75) is 525 Å². The Balaban J connectivity index is -0.000000218. The zero-order valence-electron chi connectivity index (χ0n) is 83.4. The third-order valence-electron chi connectivity index (χ3n) is 24.8. The summed E-state index contributed by atoms with van der Waals surface area (Å²) >= 11 is 0. The van der Waals surface area contributed by atoms with Gasteiger partial charge in [-0.25, -0.2) is 0 Å². The number of unbranched alkanes of at least 4 members (excludes halogenated alkanes) is 17. The average Bonchev–Trinajstić information content (AvgIpc) is 1.76. The molecule has 7 atom stereocenters. The van der Waals surface area contributed by atoms with Crippen LogP contribution in [0.15, 0.2) is 0 Å². The van der Waals surface area contributed by atoms with Crippen LogP contribution < -0.4 is 0 Å². The van der Waals surface area contributed by atoms with Crippen molar-refractivity contribution in [3.8, 4) is 0 Å². The largest absolute Gasteiger partial charge is 0.396 e. The maximum atomic E-state index is 9.14. The molecule has 1 aliphatic carbocycles. The number of hydrogen-bond donors (Lipinski definition) is 3. The standard InChI is InChI=1S/C16H32.3C13H28O.3C13H28.C12H26/c1-13(2)8-6-5-7-9-16(14(3)4)12-15-10-11-15;3*1-11(2)8-6-5-7-9-13(10-14)12(3)4;3*1-11(2)9-7-6-8-10-13(5)12(3)4;1-11(2)9-7-5-6-8-10-12(3)4/h13-16H,5-12H2,1-4H3;3*11-14H,5-10H2,1-4H3;3*11-13H,6-10H2,1-5H3;11-12H,5-10H2,1-4H3/t;2*13-;;2*13-;;/m.10.10../s1. The maximum Gasteiger partial charge on any atom is 0.0461 e. The first-order chi connectivity index (χ1) is 51.1. The van der Waals surface area contributed by atoms with Crippen molar-refractivity contribution in [3.63, 3.8) is 0 Å². The monoisotopic (exact) mass is 1550 g/mol. The molecule has 0 aliphatic heterocycles. The van der Waals surface area contributed by atoms with Crippen molar-refractivity contribution < 1.29 is 15.3 Å². The van der Waals surface area contributed by atoms with Crippen molar-refractivity contribution in [1.29, 1.82) is 0 Å². The van der Waals surface area contributed by atoms with Crippen molar-refractivity contribution in [3.05, 3.63) is 0 Å². The van der Waals surface area contributed by atoms with Gasteiger partial charge in [0, 0.05) is 19.8 Å². The Labute approximate surface area is 697 Å². The third-order valence-corrected chi connectivity index (χ3v) is 24.8. The van der Waals surface area contributed by atoms with Gasteiger partial charge < -0.3 is 15.3 Å². The molecular weight excluding hydrogens is 1320 g/mol. The molecule has 3 unspecified atom stereocenters. The number of rotatable bonds is 61. The average molecular weight is 1550 g/mol. The topological polar surface area (TPSA) is 60.7 Å². The van der Waals surface area contributed by atoms with E-state index in [0.29, 0.717) is 55.3 Å². The van der Waals surface area contributed by atoms with Gasteiger partial charge in [0.25, 0.3) is 0 Å². The summed E-state index contributed by atoms with van der Waals surface area (Å²) in [5, 5.41) is 27.4. The van der Waals surface area contributed by atoms with Gasteiger partial charge in [-0.05, 0) is 168 Å². The van der Waals surface area contributed by atoms with E-state index in [1.165, 1.54) is 283 Å². The number of aliphatic hydroxyl groups excluding tert-OH is 3. The van der Waals surface area contributed by atoms with Crippen LogP contribution in [-0.2, 0) is 0 Å². The molecule has 0 aromatic rings. The molecule has 3 N–H and O–H groups in total. The zero-order chi connectivity index (χ0) is 85.1. The minimum atomic E-state index is 0.363. The molecule has 109 heavy (non-hydrogen) atoms. The van der Waals surface area contributed by atoms with E-state index >= 15 is 0 Å². The quantitative estimate of drug-likeness (QED) is 0.0532. The Hall–Kier alpha value is -0.120. The van der Waals surface area contributed by atoms with Crippen LogP contribution in [0.2, 0.25) is 0 Å². The van der Waals surface area contributed by atoms with Crippen LogP contribution in [0.25, 0.3) is 0 Å². The molecule has 1 aliphatic rings. The first-order valence-corrected chi connectivity index (χ1v) is 49.9. The summed E-state index contributed by atoms with van der Waals surface area (Å²) in [5.74, 6) is 19.7. The van der Waals surface area contributed by atoms with Gasteiger partial charge in [0.15, 0.2) is 0 Å². The second-order valence-electron chi connectivity index (χ2n) is 42.9. The van der Waals surface area contributed by atoms with Crippen molar-refractivity contribution in [2.75, 3.05) is 19.8 Å². The summed E-state index contributed by atoms with van der Waals surface area (Å²) in [6, 6.07) is 0. The lowest BCUT2D eigenvalue weighted by atomic mass is 9.86. The van der Waals surface area contributed by atoms with E-state index in [4.69, 9.17) is 15.3 Å². The van der Waals surface area contributed by atoms with Crippen LogP contribution in [0.1, 0.15) is 525 Å². The fourth-order valence-corrected chi connectivity index (χ4v) is 14.0. The predicted octanol–water partition coefficient (Wildman–Crippen LogP) is 36.5. The lowest BCUT2D eigenvalue weighted by Gasteiger charge is -2.20. The highest BCUT2D eigenvalue weighted by atomic mass is 16.3. The van der Waals surface area contributed by atoms with Gasteiger partial charge in [0.1, 0.15) is 0 Å². The summed E-state index contributed by atoms with van der Waals surface area (Å²) < 4.78 is 0. The molecule has 0 spiro atoms. The van der Waals surface area contributed by atoms with Gasteiger partial charge >= 0.3 is 0 Å². The Bertz CT molecular complexity index is 1470. The van der Waals surface area contributed by atoms with Crippen LogP contribution in [0.4, 0.5) is 0 Å². The highest BCUT2D eigenvalue weighted by Crippen LogP contribution is 2.39. The van der Waals surface area contributed by atoms with E-state index in [2.05, 4.69) is 242 Å². The molecule has 0 aromatic carbocycles. The lowest BCUT2D eigenvalue weighted by Crippen LogP contribution is -2.13. The van der Waals surface area contributed by atoms with Gasteiger partial charge in [-0.1, -0.05) is 499 Å². The highest BCUT2D eigenvalue weighted by molar-refractivity contribution is 4.78. The van der Waals surface area contributed by atoms with E-state index in [1.807, 2.05) is 0 Å². The lowest BCUT2D eigenvalue weighted by molar-refractivity contribution is 0.177. The summed E-state index contributed by atoms with van der Waals surface area (Å²) in [7, 11) is 0. The Kier molecular flexibility index (Phi) is 97.7. The number of aliphatic hydroxyl groups is 3. The normalized spacial score (nSPS) is 14.4. The summed E-state index contributed by atoms with van der Waals surface area (Å²) in [6.07, 6.45) is 61.5. The van der Waals surface area contributed by atoms with Gasteiger partial charge in [-0.2, -0.15) is 0 Å². The summed E-state index contributed by atoms with van der Waals surface area (Å²) in [5.41, 5.74) is 0.